The third-order valence-corrected chi connectivity index (χ3v) is 6.18. The van der Waals surface area contributed by atoms with Gasteiger partial charge in [-0.25, -0.2) is 0 Å². The number of carboxylic acids is 1. The summed E-state index contributed by atoms with van der Waals surface area (Å²) in [6, 6.07) is 15.7. The summed E-state index contributed by atoms with van der Waals surface area (Å²) in [7, 11) is 0. The molecule has 1 heterocycles. The largest absolute Gasteiger partial charge is 0.542 e. The molecular weight excluding hydrogens is 530 g/mol. The second-order valence-electron chi connectivity index (χ2n) is 8.66. The van der Waals surface area contributed by atoms with Crippen molar-refractivity contribution in [3.8, 4) is 0 Å². The number of carbonyl (C=O) groups excluding carboxylic acids is 2. The monoisotopic (exact) mass is 557 g/mol. The highest BCUT2D eigenvalue weighted by atomic mass is 35.5. The maximum atomic E-state index is 12.7. The van der Waals surface area contributed by atoms with Crippen LogP contribution in [0.15, 0.2) is 65.4 Å². The van der Waals surface area contributed by atoms with Gasteiger partial charge in [0.2, 0.25) is 5.91 Å². The van der Waals surface area contributed by atoms with E-state index in [1.54, 1.807) is 0 Å². The Bertz CT molecular complexity index is 1130. The molecule has 200 valence electrons. The number of hydrogen-bond donors (Lipinski definition) is 2. The molecule has 0 fully saturated rings. The fourth-order valence-corrected chi connectivity index (χ4v) is 4.06. The molecule has 3 atom stereocenters. The Kier molecular flexibility index (Phi) is 11.2. The molecule has 0 aliphatic carbocycles. The van der Waals surface area contributed by atoms with Crippen molar-refractivity contribution in [1.29, 1.82) is 0 Å². The topological polar surface area (TPSA) is 86.0 Å². The van der Waals surface area contributed by atoms with E-state index in [9.17, 15) is 18.0 Å². The minimum absolute atomic E-state index is 0.0372. The number of hydrogen-bond acceptors (Lipinski definition) is 4. The van der Waals surface area contributed by atoms with Gasteiger partial charge in [0.05, 0.1) is 12.1 Å². The SMILES string of the molecule is CC1=CC(C)=N[NH+]1CCC(=O)N[C@H](C)[C@H](Cc1ccc(Cl)cc1)c1ccc(Cl)cc1.O=C([O-])C(F)(F)F. The van der Waals surface area contributed by atoms with Crippen molar-refractivity contribution < 1.29 is 32.9 Å². The highest BCUT2D eigenvalue weighted by Crippen LogP contribution is 2.27. The second-order valence-corrected chi connectivity index (χ2v) is 9.53. The van der Waals surface area contributed by atoms with Crippen molar-refractivity contribution in [2.75, 3.05) is 6.54 Å². The summed E-state index contributed by atoms with van der Waals surface area (Å²) in [5, 5.41) is 18.9. The Morgan fingerprint density at radius 1 is 1.03 bits per heavy atom. The predicted octanol–water partition coefficient (Wildman–Crippen LogP) is 3.69. The number of carboxylic acid groups (broad SMARTS) is 1. The number of amides is 1. The van der Waals surface area contributed by atoms with Crippen LogP contribution in [0.1, 0.15) is 44.2 Å². The van der Waals surface area contributed by atoms with Crippen LogP contribution in [-0.2, 0) is 16.0 Å². The number of quaternary nitrogens is 1. The van der Waals surface area contributed by atoms with Crippen molar-refractivity contribution >= 4 is 40.8 Å². The van der Waals surface area contributed by atoms with Gasteiger partial charge in [-0.1, -0.05) is 52.6 Å². The molecule has 1 aliphatic heterocycles. The predicted molar refractivity (Wildman–Crippen MR) is 135 cm³/mol. The van der Waals surface area contributed by atoms with Gasteiger partial charge in [-0.2, -0.15) is 18.2 Å². The quantitative estimate of drug-likeness (QED) is 0.519. The summed E-state index contributed by atoms with van der Waals surface area (Å²) in [4.78, 5) is 21.4. The first-order chi connectivity index (χ1) is 17.3. The van der Waals surface area contributed by atoms with Gasteiger partial charge < -0.3 is 15.2 Å². The summed E-state index contributed by atoms with van der Waals surface area (Å²) < 4.78 is 31.5. The highest BCUT2D eigenvalue weighted by molar-refractivity contribution is 6.30. The molecular formula is C26H28Cl2F3N3O3. The lowest BCUT2D eigenvalue weighted by atomic mass is 9.86. The minimum Gasteiger partial charge on any atom is -0.542 e. The second kappa shape index (κ2) is 13.6. The number of nitrogens with zero attached hydrogens (tertiary/aromatic N) is 1. The summed E-state index contributed by atoms with van der Waals surface area (Å²) >= 11 is 12.1. The van der Waals surface area contributed by atoms with Crippen LogP contribution in [0.3, 0.4) is 0 Å². The molecule has 1 unspecified atom stereocenters. The maximum absolute atomic E-state index is 12.7. The summed E-state index contributed by atoms with van der Waals surface area (Å²) in [5.41, 5.74) is 4.47. The number of carbonyl (C=O) groups is 2. The van der Waals surface area contributed by atoms with Gasteiger partial charge in [0.1, 0.15) is 18.2 Å². The van der Waals surface area contributed by atoms with E-state index in [1.807, 2.05) is 62.4 Å². The average Bonchev–Trinajstić information content (AvgIpc) is 3.14. The zero-order chi connectivity index (χ0) is 27.8. The van der Waals surface area contributed by atoms with Crippen molar-refractivity contribution in [2.45, 2.75) is 51.7 Å². The lowest BCUT2D eigenvalue weighted by Crippen LogP contribution is -3.04. The van der Waals surface area contributed by atoms with Crippen molar-refractivity contribution in [3.05, 3.63) is 81.5 Å². The molecule has 1 amide bonds. The van der Waals surface area contributed by atoms with E-state index >= 15 is 0 Å². The van der Waals surface area contributed by atoms with E-state index in [0.717, 1.165) is 33.4 Å². The van der Waals surface area contributed by atoms with Gasteiger partial charge in [0.15, 0.2) is 0 Å². The molecule has 0 bridgehead atoms. The van der Waals surface area contributed by atoms with Gasteiger partial charge in [-0.15, -0.1) is 0 Å². The van der Waals surface area contributed by atoms with Crippen molar-refractivity contribution in [3.63, 3.8) is 0 Å². The molecule has 0 radical (unpaired) electrons. The normalized spacial score (nSPS) is 16.6. The van der Waals surface area contributed by atoms with Gasteiger partial charge >= 0.3 is 6.18 Å². The Morgan fingerprint density at radius 3 is 2.00 bits per heavy atom. The van der Waals surface area contributed by atoms with Crippen LogP contribution >= 0.6 is 23.2 Å². The van der Waals surface area contributed by atoms with Crippen molar-refractivity contribution in [2.24, 2.45) is 5.10 Å². The highest BCUT2D eigenvalue weighted by Gasteiger charge is 2.29. The molecule has 0 aromatic heterocycles. The van der Waals surface area contributed by atoms with E-state index in [1.165, 1.54) is 5.56 Å². The Labute approximate surface area is 223 Å². The molecule has 0 saturated carbocycles. The average molecular weight is 558 g/mol. The van der Waals surface area contributed by atoms with E-state index < -0.39 is 12.1 Å². The zero-order valence-electron chi connectivity index (χ0n) is 20.5. The zero-order valence-corrected chi connectivity index (χ0v) is 22.0. The molecule has 6 nitrogen and oxygen atoms in total. The molecule has 3 rings (SSSR count). The number of allylic oxidation sites excluding steroid dienone is 2. The molecule has 0 spiro atoms. The van der Waals surface area contributed by atoms with Gasteiger partial charge in [-0.3, -0.25) is 4.79 Å². The lowest BCUT2D eigenvalue weighted by molar-refractivity contribution is -0.864. The minimum atomic E-state index is -5.19. The number of halogens is 5. The number of aliphatic carboxylic acids is 1. The number of alkyl halides is 3. The van der Waals surface area contributed by atoms with Gasteiger partial charge in [-0.05, 0) is 55.7 Å². The van der Waals surface area contributed by atoms with Crippen LogP contribution in [-0.4, -0.2) is 36.4 Å². The van der Waals surface area contributed by atoms with Crippen LogP contribution in [0.25, 0.3) is 0 Å². The first-order valence-corrected chi connectivity index (χ1v) is 12.2. The number of rotatable bonds is 8. The van der Waals surface area contributed by atoms with Crippen LogP contribution in [0, 0.1) is 0 Å². The molecule has 0 saturated heterocycles. The van der Waals surface area contributed by atoms with Gasteiger partial charge in [0.25, 0.3) is 0 Å². The van der Waals surface area contributed by atoms with Crippen LogP contribution in [0.4, 0.5) is 13.2 Å². The first kappa shape index (κ1) is 30.3. The summed E-state index contributed by atoms with van der Waals surface area (Å²) in [6.07, 6.45) is -1.92. The smallest absolute Gasteiger partial charge is 0.430 e. The fraction of sp³-hybridized carbons (Fsp3) is 0.346. The third-order valence-electron chi connectivity index (χ3n) is 5.67. The lowest BCUT2D eigenvalue weighted by Gasteiger charge is -2.26. The first-order valence-electron chi connectivity index (χ1n) is 11.4. The molecule has 2 aromatic rings. The molecule has 2 N–H and O–H groups in total. The third kappa shape index (κ3) is 10.2. The Hall–Kier alpha value is -2.88. The van der Waals surface area contributed by atoms with E-state index in [4.69, 9.17) is 33.1 Å². The van der Waals surface area contributed by atoms with Crippen LogP contribution in [0.2, 0.25) is 10.0 Å². The molecule has 37 heavy (non-hydrogen) atoms. The van der Waals surface area contributed by atoms with Gasteiger partial charge in [0, 0.05) is 35.0 Å². The fourth-order valence-electron chi connectivity index (χ4n) is 3.81. The van der Waals surface area contributed by atoms with E-state index in [0.29, 0.717) is 18.0 Å². The summed E-state index contributed by atoms with van der Waals surface area (Å²) in [5.74, 6) is -2.85. The summed E-state index contributed by atoms with van der Waals surface area (Å²) in [6.45, 7) is 6.73. The number of nitrogens with one attached hydrogen (secondary N) is 2. The molecule has 2 aromatic carbocycles. The van der Waals surface area contributed by atoms with Crippen LogP contribution in [0.5, 0.6) is 0 Å². The Morgan fingerprint density at radius 2 is 1.54 bits per heavy atom. The molecule has 11 heteroatoms. The number of benzene rings is 2. The van der Waals surface area contributed by atoms with E-state index in [-0.39, 0.29) is 17.9 Å². The Balaban J connectivity index is 0.000000604. The standard InChI is InChI=1S/C24H27Cl2N3O.C2HF3O2/c1-16-14-17(2)29(28-16)13-12-24(30)27-18(3)23(20-6-10-22(26)11-7-20)15-19-4-8-21(25)9-5-19;3-2(4,5)1(6)7/h4-11,14,18,23H,12-13,15H2,1-3H3,(H,27,30);(H,6,7)/t18-,23+;/m1./s1. The maximum Gasteiger partial charge on any atom is 0.430 e. The van der Waals surface area contributed by atoms with E-state index in [2.05, 4.69) is 23.4 Å². The molecule has 1 aliphatic rings. The van der Waals surface area contributed by atoms with Crippen molar-refractivity contribution in [1.82, 2.24) is 5.32 Å². The van der Waals surface area contributed by atoms with Crippen LogP contribution < -0.4 is 15.4 Å².